The van der Waals surface area contributed by atoms with Crippen LogP contribution in [0.1, 0.15) is 19.4 Å². The lowest BCUT2D eigenvalue weighted by Crippen LogP contribution is -2.28. The fourth-order valence-electron chi connectivity index (χ4n) is 2.51. The molecule has 0 radical (unpaired) electrons. The molecule has 140 valence electrons. The number of nitrogens with one attached hydrogen (secondary N) is 1. The minimum Gasteiger partial charge on any atom is -0.493 e. The van der Waals surface area contributed by atoms with Gasteiger partial charge in [-0.25, -0.2) is 4.39 Å². The van der Waals surface area contributed by atoms with Crippen LogP contribution < -0.4 is 20.5 Å². The predicted molar refractivity (Wildman–Crippen MR) is 104 cm³/mol. The molecule has 0 spiro atoms. The Balaban J connectivity index is 2.12. The van der Waals surface area contributed by atoms with E-state index in [1.165, 1.54) is 12.1 Å². The minimum absolute atomic E-state index is 0.253. The van der Waals surface area contributed by atoms with Crippen LogP contribution in [-0.2, 0) is 5.41 Å². The quantitative estimate of drug-likeness (QED) is 0.583. The Morgan fingerprint density at radius 3 is 2.46 bits per heavy atom. The zero-order valence-electron chi connectivity index (χ0n) is 15.3. The van der Waals surface area contributed by atoms with Crippen LogP contribution in [0.5, 0.6) is 11.5 Å². The first-order valence-corrected chi connectivity index (χ1v) is 8.39. The summed E-state index contributed by atoms with van der Waals surface area (Å²) >= 11 is 6.16. The van der Waals surface area contributed by atoms with E-state index in [9.17, 15) is 4.39 Å². The molecule has 0 saturated heterocycles. The Morgan fingerprint density at radius 1 is 1.15 bits per heavy atom. The van der Waals surface area contributed by atoms with Gasteiger partial charge in [-0.15, -0.1) is 0 Å². The van der Waals surface area contributed by atoms with Gasteiger partial charge < -0.3 is 20.5 Å². The second-order valence-electron chi connectivity index (χ2n) is 6.40. The number of anilines is 1. The minimum atomic E-state index is -0.408. The molecule has 0 unspecified atom stereocenters. The first-order chi connectivity index (χ1) is 12.3. The maximum absolute atomic E-state index is 13.2. The molecule has 5 nitrogen and oxygen atoms in total. The zero-order valence-corrected chi connectivity index (χ0v) is 16.0. The van der Waals surface area contributed by atoms with Gasteiger partial charge in [0.25, 0.3) is 0 Å². The van der Waals surface area contributed by atoms with Crippen LogP contribution in [0.2, 0.25) is 5.02 Å². The highest BCUT2D eigenvalue weighted by Gasteiger charge is 2.23. The smallest absolute Gasteiger partial charge is 0.193 e. The van der Waals surface area contributed by atoms with Gasteiger partial charge in [0, 0.05) is 22.2 Å². The van der Waals surface area contributed by atoms with Crippen LogP contribution in [0.4, 0.5) is 10.1 Å². The summed E-state index contributed by atoms with van der Waals surface area (Å²) in [7, 11) is 3.14. The van der Waals surface area contributed by atoms with E-state index in [0.29, 0.717) is 23.1 Å². The molecule has 7 heteroatoms. The molecule has 2 aromatic carbocycles. The Morgan fingerprint density at radius 2 is 1.85 bits per heavy atom. The molecular formula is C19H23ClFN3O2. The van der Waals surface area contributed by atoms with E-state index >= 15 is 0 Å². The van der Waals surface area contributed by atoms with Crippen LogP contribution in [0.25, 0.3) is 0 Å². The fourth-order valence-corrected chi connectivity index (χ4v) is 2.93. The number of hydrogen-bond donors (Lipinski definition) is 2. The van der Waals surface area contributed by atoms with Crippen molar-refractivity contribution in [3.63, 3.8) is 0 Å². The molecular weight excluding hydrogens is 357 g/mol. The van der Waals surface area contributed by atoms with Gasteiger partial charge in [0.2, 0.25) is 0 Å². The monoisotopic (exact) mass is 379 g/mol. The van der Waals surface area contributed by atoms with E-state index in [-0.39, 0.29) is 11.8 Å². The molecule has 0 fully saturated rings. The molecule has 0 aliphatic carbocycles. The zero-order chi connectivity index (χ0) is 19.3. The third kappa shape index (κ3) is 4.79. The number of methoxy groups -OCH3 is 2. The third-order valence-electron chi connectivity index (χ3n) is 3.96. The van der Waals surface area contributed by atoms with Crippen molar-refractivity contribution >= 4 is 23.2 Å². The molecule has 3 N–H and O–H groups in total. The summed E-state index contributed by atoms with van der Waals surface area (Å²) in [6, 6.07) is 9.71. The molecule has 0 amide bonds. The van der Waals surface area contributed by atoms with Crippen molar-refractivity contribution in [2.24, 2.45) is 10.7 Å². The number of aliphatic imine (C=N–C) groups is 1. The van der Waals surface area contributed by atoms with E-state index in [4.69, 9.17) is 26.8 Å². The molecule has 0 aliphatic heterocycles. The second kappa shape index (κ2) is 8.27. The van der Waals surface area contributed by atoms with Crippen molar-refractivity contribution in [3.05, 3.63) is 52.8 Å². The number of rotatable bonds is 6. The SMILES string of the molecule is COc1ccc(NC(N)=NCC(C)(C)c2ccc(F)cc2Cl)cc1OC. The van der Waals surface area contributed by atoms with Crippen molar-refractivity contribution in [2.45, 2.75) is 19.3 Å². The molecule has 2 rings (SSSR count). The number of guanidine groups is 1. The van der Waals surface area contributed by atoms with Gasteiger partial charge in [0.05, 0.1) is 20.8 Å². The number of benzene rings is 2. The fraction of sp³-hybridized carbons (Fsp3) is 0.316. The van der Waals surface area contributed by atoms with Gasteiger partial charge in [0.1, 0.15) is 5.82 Å². The van der Waals surface area contributed by atoms with Crippen molar-refractivity contribution < 1.29 is 13.9 Å². The van der Waals surface area contributed by atoms with Crippen LogP contribution in [0.3, 0.4) is 0 Å². The Kier molecular flexibility index (Phi) is 6.32. The lowest BCUT2D eigenvalue weighted by atomic mass is 9.84. The predicted octanol–water partition coefficient (Wildman–Crippen LogP) is 4.20. The lowest BCUT2D eigenvalue weighted by Gasteiger charge is -2.24. The number of halogens is 2. The maximum Gasteiger partial charge on any atom is 0.193 e. The lowest BCUT2D eigenvalue weighted by molar-refractivity contribution is 0.355. The van der Waals surface area contributed by atoms with Crippen LogP contribution in [-0.4, -0.2) is 26.7 Å². The molecule has 0 saturated carbocycles. The molecule has 0 heterocycles. The second-order valence-corrected chi connectivity index (χ2v) is 6.81. The van der Waals surface area contributed by atoms with Crippen molar-refractivity contribution in [1.82, 2.24) is 0 Å². The van der Waals surface area contributed by atoms with Crippen LogP contribution >= 0.6 is 11.6 Å². The largest absolute Gasteiger partial charge is 0.493 e. The normalized spacial score (nSPS) is 12.0. The molecule has 0 aliphatic rings. The van der Waals surface area contributed by atoms with Crippen molar-refractivity contribution in [1.29, 1.82) is 0 Å². The molecule has 0 bridgehead atoms. The van der Waals surface area contributed by atoms with E-state index in [1.807, 2.05) is 19.9 Å². The van der Waals surface area contributed by atoms with Crippen molar-refractivity contribution in [3.8, 4) is 11.5 Å². The van der Waals surface area contributed by atoms with Gasteiger partial charge in [-0.2, -0.15) is 0 Å². The molecule has 2 aromatic rings. The Bertz CT molecular complexity index is 809. The average molecular weight is 380 g/mol. The summed E-state index contributed by atoms with van der Waals surface area (Å²) in [5.41, 5.74) is 7.11. The van der Waals surface area contributed by atoms with Gasteiger partial charge >= 0.3 is 0 Å². The van der Waals surface area contributed by atoms with Gasteiger partial charge in [-0.1, -0.05) is 31.5 Å². The highest BCUT2D eigenvalue weighted by molar-refractivity contribution is 6.31. The highest BCUT2D eigenvalue weighted by atomic mass is 35.5. The number of nitrogens with zero attached hydrogens (tertiary/aromatic N) is 1. The maximum atomic E-state index is 13.2. The summed E-state index contributed by atoms with van der Waals surface area (Å²) in [5.74, 6) is 1.10. The van der Waals surface area contributed by atoms with Crippen molar-refractivity contribution in [2.75, 3.05) is 26.1 Å². The van der Waals surface area contributed by atoms with E-state index in [2.05, 4.69) is 10.3 Å². The number of ether oxygens (including phenoxy) is 2. The van der Waals surface area contributed by atoms with E-state index in [0.717, 1.165) is 11.3 Å². The average Bonchev–Trinajstić information content (AvgIpc) is 2.59. The summed E-state index contributed by atoms with van der Waals surface area (Å²) < 4.78 is 23.7. The Hall–Kier alpha value is -2.47. The Labute approximate surface area is 158 Å². The molecule has 26 heavy (non-hydrogen) atoms. The summed E-state index contributed by atoms with van der Waals surface area (Å²) in [6.45, 7) is 4.32. The number of hydrogen-bond acceptors (Lipinski definition) is 3. The summed E-state index contributed by atoms with van der Waals surface area (Å²) in [4.78, 5) is 4.39. The first-order valence-electron chi connectivity index (χ1n) is 8.01. The highest BCUT2D eigenvalue weighted by Crippen LogP contribution is 2.31. The standard InChI is InChI=1S/C19H23ClFN3O2/c1-19(2,14-7-5-12(21)9-15(14)20)11-23-18(22)24-13-6-8-16(25-3)17(10-13)26-4/h5-10H,11H2,1-4H3,(H3,22,23,24). The first kappa shape index (κ1) is 19.8. The van der Waals surface area contributed by atoms with Crippen LogP contribution in [0.15, 0.2) is 41.4 Å². The topological polar surface area (TPSA) is 68.9 Å². The van der Waals surface area contributed by atoms with Gasteiger partial charge in [0.15, 0.2) is 17.5 Å². The molecule has 0 aromatic heterocycles. The molecule has 0 atom stereocenters. The summed E-state index contributed by atoms with van der Waals surface area (Å²) in [5, 5.41) is 3.39. The summed E-state index contributed by atoms with van der Waals surface area (Å²) in [6.07, 6.45) is 0. The van der Waals surface area contributed by atoms with E-state index < -0.39 is 5.41 Å². The van der Waals surface area contributed by atoms with Crippen LogP contribution in [0, 0.1) is 5.82 Å². The third-order valence-corrected chi connectivity index (χ3v) is 4.27. The van der Waals surface area contributed by atoms with E-state index in [1.54, 1.807) is 32.4 Å². The number of nitrogens with two attached hydrogens (primary N) is 1. The van der Waals surface area contributed by atoms with Gasteiger partial charge in [-0.3, -0.25) is 4.99 Å². The van der Waals surface area contributed by atoms with Gasteiger partial charge in [-0.05, 0) is 29.8 Å².